The van der Waals surface area contributed by atoms with Crippen LogP contribution >= 0.6 is 22.9 Å². The van der Waals surface area contributed by atoms with E-state index in [1.54, 1.807) is 26.1 Å². The van der Waals surface area contributed by atoms with Gasteiger partial charge in [-0.1, -0.05) is 23.7 Å². The molecule has 3 aromatic heterocycles. The third kappa shape index (κ3) is 5.16. The molecule has 1 N–H and O–H groups in total. The minimum Gasteiger partial charge on any atom is -0.470 e. The van der Waals surface area contributed by atoms with Gasteiger partial charge >= 0.3 is 0 Å². The predicted octanol–water partition coefficient (Wildman–Crippen LogP) is 4.23. The zero-order valence-corrected chi connectivity index (χ0v) is 20.8. The van der Waals surface area contributed by atoms with Crippen LogP contribution in [0.2, 0.25) is 5.02 Å². The number of hydrogen-bond donors (Lipinski definition) is 1. The molecule has 4 aromatic rings. The minimum absolute atomic E-state index is 0.0819. The molecule has 0 bridgehead atoms. The van der Waals surface area contributed by atoms with Gasteiger partial charge in [-0.05, 0) is 45.4 Å². The number of nitrogens with zero attached hydrogens (tertiary/aromatic N) is 5. The standard InChI is InChI=1S/C24H24ClN5O3S/c1-13-5-6-17(19-7-8-26-21(29-19)9-14(2)31)10-20(13)30-15(3)27-23(22(25)24(30)32)33-11-18-12-34-16(4)28-18/h5-8,10,12,14,31H,9,11H2,1-4H3. The third-order valence-electron chi connectivity index (χ3n) is 5.12. The highest BCUT2D eigenvalue weighted by Gasteiger charge is 2.18. The summed E-state index contributed by atoms with van der Waals surface area (Å²) < 4.78 is 7.18. The smallest absolute Gasteiger partial charge is 0.280 e. The summed E-state index contributed by atoms with van der Waals surface area (Å²) in [7, 11) is 0. The van der Waals surface area contributed by atoms with Crippen molar-refractivity contribution in [1.29, 1.82) is 0 Å². The second-order valence-electron chi connectivity index (χ2n) is 7.98. The van der Waals surface area contributed by atoms with Crippen molar-refractivity contribution in [3.05, 3.63) is 79.1 Å². The van der Waals surface area contributed by atoms with Crippen LogP contribution in [0.15, 0.2) is 40.6 Å². The van der Waals surface area contributed by atoms with E-state index >= 15 is 0 Å². The van der Waals surface area contributed by atoms with E-state index < -0.39 is 11.7 Å². The quantitative estimate of drug-likeness (QED) is 0.407. The number of benzene rings is 1. The minimum atomic E-state index is -0.543. The number of aliphatic hydroxyl groups excluding tert-OH is 1. The molecule has 0 radical (unpaired) electrons. The largest absolute Gasteiger partial charge is 0.470 e. The zero-order chi connectivity index (χ0) is 24.4. The monoisotopic (exact) mass is 497 g/mol. The molecular weight excluding hydrogens is 474 g/mol. The highest BCUT2D eigenvalue weighted by molar-refractivity contribution is 7.09. The van der Waals surface area contributed by atoms with Crippen LogP contribution in [-0.4, -0.2) is 35.7 Å². The number of aromatic nitrogens is 5. The molecule has 10 heteroatoms. The van der Waals surface area contributed by atoms with E-state index in [-0.39, 0.29) is 17.5 Å². The fourth-order valence-electron chi connectivity index (χ4n) is 3.51. The molecule has 1 aromatic carbocycles. The van der Waals surface area contributed by atoms with Crippen molar-refractivity contribution >= 4 is 22.9 Å². The topological polar surface area (TPSA) is 103 Å². The Hall–Kier alpha value is -3.14. The first kappa shape index (κ1) is 24.0. The molecule has 0 aliphatic carbocycles. The zero-order valence-electron chi connectivity index (χ0n) is 19.2. The van der Waals surface area contributed by atoms with Gasteiger partial charge < -0.3 is 9.84 Å². The van der Waals surface area contributed by atoms with Gasteiger partial charge in [0.05, 0.1) is 28.2 Å². The number of aliphatic hydroxyl groups is 1. The number of ether oxygens (including phenoxy) is 1. The molecule has 0 spiro atoms. The summed E-state index contributed by atoms with van der Waals surface area (Å²) in [5.74, 6) is 1.07. The Labute approximate surface area is 205 Å². The van der Waals surface area contributed by atoms with Crippen LogP contribution < -0.4 is 10.3 Å². The molecule has 0 aliphatic heterocycles. The Kier molecular flexibility index (Phi) is 7.06. The van der Waals surface area contributed by atoms with Crippen molar-refractivity contribution in [1.82, 2.24) is 24.5 Å². The van der Waals surface area contributed by atoms with Crippen molar-refractivity contribution < 1.29 is 9.84 Å². The van der Waals surface area contributed by atoms with Crippen LogP contribution in [0.3, 0.4) is 0 Å². The van der Waals surface area contributed by atoms with Crippen molar-refractivity contribution in [2.24, 2.45) is 0 Å². The molecule has 1 unspecified atom stereocenters. The molecule has 0 saturated heterocycles. The number of rotatable bonds is 7. The summed E-state index contributed by atoms with van der Waals surface area (Å²) in [6.07, 6.45) is 1.47. The van der Waals surface area contributed by atoms with E-state index in [0.717, 1.165) is 21.8 Å². The van der Waals surface area contributed by atoms with Crippen molar-refractivity contribution in [2.75, 3.05) is 0 Å². The number of thiazole rings is 1. The molecule has 0 aliphatic rings. The van der Waals surface area contributed by atoms with E-state index in [2.05, 4.69) is 19.9 Å². The number of halogens is 1. The van der Waals surface area contributed by atoms with Gasteiger partial charge in [0, 0.05) is 23.6 Å². The van der Waals surface area contributed by atoms with E-state index in [0.29, 0.717) is 29.5 Å². The van der Waals surface area contributed by atoms with Crippen molar-refractivity contribution in [2.45, 2.75) is 46.8 Å². The average molecular weight is 498 g/mol. The first-order valence-electron chi connectivity index (χ1n) is 10.7. The van der Waals surface area contributed by atoms with Crippen LogP contribution in [0.5, 0.6) is 5.88 Å². The first-order valence-corrected chi connectivity index (χ1v) is 11.9. The Morgan fingerprint density at radius 1 is 1.18 bits per heavy atom. The van der Waals surface area contributed by atoms with Gasteiger partial charge in [0.25, 0.3) is 5.56 Å². The Balaban J connectivity index is 1.70. The SMILES string of the molecule is Cc1nc(COc2nc(C)n(-c3cc(-c4ccnc(CC(C)O)n4)ccc3C)c(=O)c2Cl)cs1. The maximum absolute atomic E-state index is 13.2. The normalized spacial score (nSPS) is 12.1. The lowest BCUT2D eigenvalue weighted by Gasteiger charge is -2.16. The number of aryl methyl sites for hydroxylation is 3. The summed E-state index contributed by atoms with van der Waals surface area (Å²) >= 11 is 7.91. The van der Waals surface area contributed by atoms with Crippen molar-refractivity contribution in [3.8, 4) is 22.8 Å². The second-order valence-corrected chi connectivity index (χ2v) is 9.42. The molecule has 0 fully saturated rings. The van der Waals surface area contributed by atoms with Gasteiger partial charge in [-0.15, -0.1) is 11.3 Å². The predicted molar refractivity (Wildman–Crippen MR) is 132 cm³/mol. The van der Waals surface area contributed by atoms with E-state index in [1.165, 1.54) is 15.9 Å². The molecule has 34 heavy (non-hydrogen) atoms. The highest BCUT2D eigenvalue weighted by atomic mass is 35.5. The van der Waals surface area contributed by atoms with Gasteiger partial charge in [0.2, 0.25) is 5.88 Å². The van der Waals surface area contributed by atoms with Gasteiger partial charge in [0.15, 0.2) is 5.02 Å². The summed E-state index contributed by atoms with van der Waals surface area (Å²) in [6, 6.07) is 7.50. The Morgan fingerprint density at radius 3 is 2.68 bits per heavy atom. The number of hydrogen-bond acceptors (Lipinski definition) is 8. The fourth-order valence-corrected chi connectivity index (χ4v) is 4.29. The van der Waals surface area contributed by atoms with E-state index in [4.69, 9.17) is 16.3 Å². The lowest BCUT2D eigenvalue weighted by atomic mass is 10.1. The molecule has 4 rings (SSSR count). The summed E-state index contributed by atoms with van der Waals surface area (Å²) in [5.41, 5.74) is 3.34. The van der Waals surface area contributed by atoms with Gasteiger partial charge in [-0.2, -0.15) is 4.98 Å². The molecule has 0 saturated carbocycles. The summed E-state index contributed by atoms with van der Waals surface area (Å²) in [4.78, 5) is 30.8. The lowest BCUT2D eigenvalue weighted by molar-refractivity contribution is 0.193. The molecule has 0 amide bonds. The Morgan fingerprint density at radius 2 is 1.97 bits per heavy atom. The van der Waals surface area contributed by atoms with Gasteiger partial charge in [-0.3, -0.25) is 9.36 Å². The highest BCUT2D eigenvalue weighted by Crippen LogP contribution is 2.26. The van der Waals surface area contributed by atoms with Crippen LogP contribution in [0, 0.1) is 20.8 Å². The van der Waals surface area contributed by atoms with Gasteiger partial charge in [0.1, 0.15) is 18.3 Å². The van der Waals surface area contributed by atoms with Crippen LogP contribution in [0.25, 0.3) is 16.9 Å². The van der Waals surface area contributed by atoms with Crippen LogP contribution in [0.4, 0.5) is 0 Å². The summed E-state index contributed by atoms with van der Waals surface area (Å²) in [6.45, 7) is 7.42. The molecule has 8 nitrogen and oxygen atoms in total. The maximum Gasteiger partial charge on any atom is 0.280 e. The van der Waals surface area contributed by atoms with E-state index in [1.807, 2.05) is 37.4 Å². The van der Waals surface area contributed by atoms with Crippen LogP contribution in [0.1, 0.15) is 34.8 Å². The van der Waals surface area contributed by atoms with Crippen molar-refractivity contribution in [3.63, 3.8) is 0 Å². The molecular formula is C24H24ClN5O3S. The van der Waals surface area contributed by atoms with E-state index in [9.17, 15) is 9.90 Å². The molecule has 3 heterocycles. The van der Waals surface area contributed by atoms with Gasteiger partial charge in [-0.25, -0.2) is 15.0 Å². The Bertz CT molecular complexity index is 1400. The summed E-state index contributed by atoms with van der Waals surface area (Å²) in [5, 5.41) is 12.4. The van der Waals surface area contributed by atoms with Crippen LogP contribution in [-0.2, 0) is 13.0 Å². The molecule has 176 valence electrons. The fraction of sp³-hybridized carbons (Fsp3) is 0.292. The maximum atomic E-state index is 13.2. The third-order valence-corrected chi connectivity index (χ3v) is 6.26. The molecule has 1 atom stereocenters. The second kappa shape index (κ2) is 10.0. The average Bonchev–Trinajstić information content (AvgIpc) is 3.21. The lowest BCUT2D eigenvalue weighted by Crippen LogP contribution is -2.24. The first-order chi connectivity index (χ1) is 16.2.